The van der Waals surface area contributed by atoms with Gasteiger partial charge in [-0.05, 0) is 69.9 Å². The van der Waals surface area contributed by atoms with Crippen LogP contribution in [0, 0.1) is 0 Å². The molecule has 7 rings (SSSR count). The molecule has 4 heteroatoms. The molecule has 0 aliphatic heterocycles. The second-order valence-corrected chi connectivity index (χ2v) is 17.4. The summed E-state index contributed by atoms with van der Waals surface area (Å²) in [6.07, 6.45) is 9.65. The Balaban J connectivity index is 1.37. The first-order valence-corrected chi connectivity index (χ1v) is 18.4. The summed E-state index contributed by atoms with van der Waals surface area (Å²) in [5.74, 6) is -0.272. The normalized spacial score (nSPS) is 12.8. The SMILES string of the molecule is C=P(c1ccccc1)(c1ccccc1)c1ccc2c(c1)C(=O)c1ccc(P(=C)(c3ccccc3)c3ccccc3)cc1C2=O. The Kier molecular flexibility index (Phi) is 7.06. The predicted octanol–water partition coefficient (Wildman–Crippen LogP) is 5.91. The van der Waals surface area contributed by atoms with Crippen LogP contribution in [0.15, 0.2) is 158 Å². The fraction of sp³-hybridized carbons (Fsp3) is 0. The molecule has 1 aliphatic carbocycles. The Bertz CT molecular complexity index is 1890. The third kappa shape index (κ3) is 4.42. The van der Waals surface area contributed by atoms with Gasteiger partial charge >= 0.3 is 0 Å². The largest absolute Gasteiger partial charge is 0.289 e. The lowest BCUT2D eigenvalue weighted by Crippen LogP contribution is -2.30. The van der Waals surface area contributed by atoms with Crippen LogP contribution in [-0.2, 0) is 0 Å². The predicted molar refractivity (Wildman–Crippen MR) is 191 cm³/mol. The number of fused-ring (bicyclic) bond motifs is 2. The Morgan fingerprint density at radius 3 is 0.864 bits per heavy atom. The molecule has 6 aromatic carbocycles. The van der Waals surface area contributed by atoms with E-state index < -0.39 is 13.8 Å². The standard InChI is InChI=1S/C40H30O2P2/c1-43(29-15-7-3-8-16-29,30-17-9-4-10-18-30)33-23-25-35-37(27-33)39(41)36-26-24-34(28-38(36)40(35)42)44(2,31-19-11-5-12-20-31)32-21-13-6-14-22-32/h3-28H,1-2H2. The summed E-state index contributed by atoms with van der Waals surface area (Å²) in [5.41, 5.74) is 1.75. The van der Waals surface area contributed by atoms with E-state index in [0.717, 1.165) is 31.8 Å². The summed E-state index contributed by atoms with van der Waals surface area (Å²) in [4.78, 5) is 28.3. The molecule has 0 unspecified atom stereocenters. The van der Waals surface area contributed by atoms with Gasteiger partial charge in [0.2, 0.25) is 0 Å². The number of rotatable bonds is 6. The molecule has 0 aromatic heterocycles. The van der Waals surface area contributed by atoms with Crippen molar-refractivity contribution in [1.82, 2.24) is 0 Å². The highest BCUT2D eigenvalue weighted by Gasteiger charge is 2.33. The molecule has 0 bridgehead atoms. The smallest absolute Gasteiger partial charge is 0.194 e. The van der Waals surface area contributed by atoms with E-state index >= 15 is 0 Å². The first-order chi connectivity index (χ1) is 21.4. The van der Waals surface area contributed by atoms with E-state index in [2.05, 4.69) is 48.5 Å². The maximum Gasteiger partial charge on any atom is 0.194 e. The van der Waals surface area contributed by atoms with Gasteiger partial charge in [0.05, 0.1) is 0 Å². The summed E-state index contributed by atoms with van der Waals surface area (Å²) in [7, 11) is 0. The summed E-state index contributed by atoms with van der Waals surface area (Å²) in [6, 6.07) is 52.5. The van der Waals surface area contributed by atoms with Gasteiger partial charge in [-0.2, -0.15) is 0 Å². The second kappa shape index (κ2) is 11.1. The Labute approximate surface area is 258 Å². The molecule has 0 spiro atoms. The molecule has 44 heavy (non-hydrogen) atoms. The molecule has 0 saturated heterocycles. The monoisotopic (exact) mass is 604 g/mol. The van der Waals surface area contributed by atoms with Crippen molar-refractivity contribution in [2.24, 2.45) is 0 Å². The minimum Gasteiger partial charge on any atom is -0.289 e. The summed E-state index contributed by atoms with van der Waals surface area (Å²) >= 11 is 0. The lowest BCUT2D eigenvalue weighted by molar-refractivity contribution is 0.0979. The highest BCUT2D eigenvalue weighted by molar-refractivity contribution is 7.93. The zero-order valence-corrected chi connectivity index (χ0v) is 25.9. The molecule has 0 amide bonds. The van der Waals surface area contributed by atoms with E-state index in [4.69, 9.17) is 12.6 Å². The number of carbonyl (C=O) groups is 2. The van der Waals surface area contributed by atoms with Crippen molar-refractivity contribution in [3.63, 3.8) is 0 Å². The van der Waals surface area contributed by atoms with Gasteiger partial charge in [0, 0.05) is 22.3 Å². The lowest BCUT2D eigenvalue weighted by Gasteiger charge is -2.29. The maximum absolute atomic E-state index is 14.1. The van der Waals surface area contributed by atoms with Gasteiger partial charge in [0.25, 0.3) is 0 Å². The fourth-order valence-corrected chi connectivity index (χ4v) is 12.1. The number of hydrogen-bond acceptors (Lipinski definition) is 2. The number of benzene rings is 6. The molecule has 6 aromatic rings. The van der Waals surface area contributed by atoms with Gasteiger partial charge in [0.1, 0.15) is 0 Å². The maximum atomic E-state index is 14.1. The van der Waals surface area contributed by atoms with Crippen LogP contribution in [0.1, 0.15) is 31.8 Å². The van der Waals surface area contributed by atoms with Crippen molar-refractivity contribution in [2.45, 2.75) is 0 Å². The zero-order chi connectivity index (χ0) is 30.3. The topological polar surface area (TPSA) is 34.1 Å². The molecule has 2 nitrogen and oxygen atoms in total. The van der Waals surface area contributed by atoms with E-state index in [1.54, 1.807) is 0 Å². The van der Waals surface area contributed by atoms with Crippen LogP contribution < -0.4 is 31.8 Å². The molecular weight excluding hydrogens is 574 g/mol. The van der Waals surface area contributed by atoms with Crippen LogP contribution in [0.25, 0.3) is 0 Å². The molecular formula is C40H30O2P2. The average Bonchev–Trinajstić information content (AvgIpc) is 3.11. The number of hydrogen-bond donors (Lipinski definition) is 0. The molecule has 0 heterocycles. The van der Waals surface area contributed by atoms with Crippen LogP contribution >= 0.6 is 13.8 Å². The second-order valence-electron chi connectivity index (χ2n) is 11.1. The summed E-state index contributed by atoms with van der Waals surface area (Å²) < 4.78 is 0. The van der Waals surface area contributed by atoms with Crippen molar-refractivity contribution in [1.29, 1.82) is 0 Å². The van der Waals surface area contributed by atoms with Crippen molar-refractivity contribution in [3.05, 3.63) is 180 Å². The molecule has 0 N–H and O–H groups in total. The highest BCUT2D eigenvalue weighted by atomic mass is 31.2. The summed E-state index contributed by atoms with van der Waals surface area (Å²) in [5, 5.41) is 6.38. The van der Waals surface area contributed by atoms with Crippen LogP contribution in [0.5, 0.6) is 0 Å². The van der Waals surface area contributed by atoms with Crippen LogP contribution in [0.2, 0.25) is 0 Å². The lowest BCUT2D eigenvalue weighted by atomic mass is 9.84. The average molecular weight is 605 g/mol. The van der Waals surface area contributed by atoms with Gasteiger partial charge in [0.15, 0.2) is 11.6 Å². The Morgan fingerprint density at radius 2 is 0.591 bits per heavy atom. The molecule has 1 aliphatic rings. The third-order valence-electron chi connectivity index (χ3n) is 8.65. The minimum atomic E-state index is -2.32. The van der Waals surface area contributed by atoms with E-state index in [1.165, 1.54) is 0 Å². The quantitative estimate of drug-likeness (QED) is 0.221. The van der Waals surface area contributed by atoms with Crippen LogP contribution in [0.4, 0.5) is 0 Å². The Hall–Kier alpha value is -4.74. The first kappa shape index (κ1) is 28.1. The van der Waals surface area contributed by atoms with Crippen molar-refractivity contribution in [3.8, 4) is 0 Å². The number of ketones is 2. The van der Waals surface area contributed by atoms with Crippen molar-refractivity contribution >= 4 is 69.8 Å². The van der Waals surface area contributed by atoms with E-state index in [0.29, 0.717) is 22.3 Å². The van der Waals surface area contributed by atoms with Crippen LogP contribution in [-0.4, -0.2) is 24.2 Å². The first-order valence-electron chi connectivity index (χ1n) is 14.5. The summed E-state index contributed by atoms with van der Waals surface area (Å²) in [6.45, 7) is -4.64. The molecule has 212 valence electrons. The van der Waals surface area contributed by atoms with Crippen molar-refractivity contribution in [2.75, 3.05) is 0 Å². The molecule has 0 atom stereocenters. The highest BCUT2D eigenvalue weighted by Crippen LogP contribution is 2.44. The van der Waals surface area contributed by atoms with E-state index in [9.17, 15) is 9.59 Å². The van der Waals surface area contributed by atoms with Gasteiger partial charge < -0.3 is 0 Å². The molecule has 0 saturated carbocycles. The van der Waals surface area contributed by atoms with E-state index in [1.807, 2.05) is 109 Å². The van der Waals surface area contributed by atoms with Crippen LogP contribution in [0.3, 0.4) is 0 Å². The van der Waals surface area contributed by atoms with Gasteiger partial charge in [-0.3, -0.25) is 9.59 Å². The molecule has 0 radical (unpaired) electrons. The molecule has 0 fully saturated rings. The van der Waals surface area contributed by atoms with Gasteiger partial charge in [-0.1, -0.05) is 146 Å². The van der Waals surface area contributed by atoms with E-state index in [-0.39, 0.29) is 11.6 Å². The fourth-order valence-electron chi connectivity index (χ4n) is 6.23. The Morgan fingerprint density at radius 1 is 0.318 bits per heavy atom. The third-order valence-corrected chi connectivity index (χ3v) is 15.7. The van der Waals surface area contributed by atoms with Gasteiger partial charge in [-0.25, -0.2) is 0 Å². The minimum absolute atomic E-state index is 0.136. The van der Waals surface area contributed by atoms with Gasteiger partial charge in [-0.15, -0.1) is 0 Å². The zero-order valence-electron chi connectivity index (χ0n) is 24.1. The van der Waals surface area contributed by atoms with Crippen molar-refractivity contribution < 1.29 is 9.59 Å². The number of carbonyl (C=O) groups excluding carboxylic acids is 2.